The summed E-state index contributed by atoms with van der Waals surface area (Å²) in [6, 6.07) is 5.44. The Labute approximate surface area is 106 Å². The first kappa shape index (κ1) is 14.1. The van der Waals surface area contributed by atoms with Crippen molar-refractivity contribution in [1.29, 1.82) is 0 Å². The molecule has 0 spiro atoms. The lowest BCUT2D eigenvalue weighted by Crippen LogP contribution is -2.38. The summed E-state index contributed by atoms with van der Waals surface area (Å²) in [5.74, 6) is 1.51. The number of rotatable bonds is 6. The maximum absolute atomic E-state index is 8.54. The van der Waals surface area contributed by atoms with Crippen LogP contribution in [-0.4, -0.2) is 31.3 Å². The SMILES string of the molecule is COc1ccc(CNC(C)C(N)=NO)cc1OC. The molecule has 100 valence electrons. The average molecular weight is 253 g/mol. The molecule has 4 N–H and O–H groups in total. The fourth-order valence-electron chi connectivity index (χ4n) is 1.45. The molecule has 0 aliphatic carbocycles. The van der Waals surface area contributed by atoms with Crippen molar-refractivity contribution >= 4 is 5.84 Å². The van der Waals surface area contributed by atoms with Gasteiger partial charge in [-0.15, -0.1) is 0 Å². The molecule has 0 fully saturated rings. The van der Waals surface area contributed by atoms with E-state index in [-0.39, 0.29) is 11.9 Å². The number of methoxy groups -OCH3 is 2. The Bertz CT molecular complexity index is 421. The highest BCUT2D eigenvalue weighted by molar-refractivity contribution is 5.84. The Kier molecular flexibility index (Phi) is 5.26. The van der Waals surface area contributed by atoms with Crippen molar-refractivity contribution in [3.8, 4) is 11.5 Å². The van der Waals surface area contributed by atoms with Crippen LogP contribution in [0.15, 0.2) is 23.4 Å². The van der Waals surface area contributed by atoms with E-state index >= 15 is 0 Å². The molecule has 1 aromatic carbocycles. The first-order chi connectivity index (χ1) is 8.62. The highest BCUT2D eigenvalue weighted by Crippen LogP contribution is 2.27. The van der Waals surface area contributed by atoms with E-state index in [1.165, 1.54) is 0 Å². The summed E-state index contributed by atoms with van der Waals surface area (Å²) >= 11 is 0. The van der Waals surface area contributed by atoms with Gasteiger partial charge in [-0.25, -0.2) is 0 Å². The van der Waals surface area contributed by atoms with Gasteiger partial charge in [0.2, 0.25) is 0 Å². The van der Waals surface area contributed by atoms with Crippen molar-refractivity contribution in [2.75, 3.05) is 14.2 Å². The summed E-state index contributed by atoms with van der Waals surface area (Å²) in [5.41, 5.74) is 6.49. The van der Waals surface area contributed by atoms with E-state index in [1.807, 2.05) is 25.1 Å². The summed E-state index contributed by atoms with van der Waals surface area (Å²) in [5, 5.41) is 14.6. The van der Waals surface area contributed by atoms with Crippen LogP contribution < -0.4 is 20.5 Å². The number of oxime groups is 1. The lowest BCUT2D eigenvalue weighted by atomic mass is 10.2. The average Bonchev–Trinajstić information content (AvgIpc) is 2.43. The zero-order valence-corrected chi connectivity index (χ0v) is 10.8. The number of nitrogens with one attached hydrogen (secondary N) is 1. The molecular weight excluding hydrogens is 234 g/mol. The Hall–Kier alpha value is -1.95. The zero-order valence-electron chi connectivity index (χ0n) is 10.8. The predicted molar refractivity (Wildman–Crippen MR) is 69.3 cm³/mol. The fourth-order valence-corrected chi connectivity index (χ4v) is 1.45. The second-order valence-corrected chi connectivity index (χ2v) is 3.82. The van der Waals surface area contributed by atoms with E-state index in [0.29, 0.717) is 18.0 Å². The number of ether oxygens (including phenoxy) is 2. The summed E-state index contributed by atoms with van der Waals surface area (Å²) < 4.78 is 10.4. The van der Waals surface area contributed by atoms with E-state index < -0.39 is 0 Å². The smallest absolute Gasteiger partial charge is 0.161 e. The molecule has 1 atom stereocenters. The van der Waals surface area contributed by atoms with Gasteiger partial charge in [0.25, 0.3) is 0 Å². The Balaban J connectivity index is 2.68. The van der Waals surface area contributed by atoms with E-state index in [1.54, 1.807) is 14.2 Å². The minimum absolute atomic E-state index is 0.149. The molecule has 0 aromatic heterocycles. The quantitative estimate of drug-likeness (QED) is 0.304. The van der Waals surface area contributed by atoms with Gasteiger partial charge in [0.05, 0.1) is 20.3 Å². The fraction of sp³-hybridized carbons (Fsp3) is 0.417. The number of nitrogens with zero attached hydrogens (tertiary/aromatic N) is 1. The largest absolute Gasteiger partial charge is 0.493 e. The Morgan fingerprint density at radius 2 is 2.06 bits per heavy atom. The minimum atomic E-state index is -0.205. The first-order valence-corrected chi connectivity index (χ1v) is 5.54. The van der Waals surface area contributed by atoms with Gasteiger partial charge in [0, 0.05) is 6.54 Å². The molecule has 0 aliphatic rings. The molecule has 1 unspecified atom stereocenters. The van der Waals surface area contributed by atoms with Crippen LogP contribution in [-0.2, 0) is 6.54 Å². The van der Waals surface area contributed by atoms with Gasteiger partial charge in [0.15, 0.2) is 17.3 Å². The topological polar surface area (TPSA) is 89.1 Å². The van der Waals surface area contributed by atoms with Crippen LogP contribution in [0.4, 0.5) is 0 Å². The Morgan fingerprint density at radius 3 is 2.61 bits per heavy atom. The molecule has 6 nitrogen and oxygen atoms in total. The summed E-state index contributed by atoms with van der Waals surface area (Å²) in [6.07, 6.45) is 0. The highest BCUT2D eigenvalue weighted by Gasteiger charge is 2.08. The van der Waals surface area contributed by atoms with Gasteiger partial charge in [0.1, 0.15) is 0 Å². The molecule has 18 heavy (non-hydrogen) atoms. The van der Waals surface area contributed by atoms with Gasteiger partial charge in [-0.05, 0) is 24.6 Å². The maximum atomic E-state index is 8.54. The van der Waals surface area contributed by atoms with Gasteiger partial charge in [-0.1, -0.05) is 11.2 Å². The second-order valence-electron chi connectivity index (χ2n) is 3.82. The molecule has 6 heteroatoms. The van der Waals surface area contributed by atoms with Crippen LogP contribution in [0.5, 0.6) is 11.5 Å². The zero-order chi connectivity index (χ0) is 13.5. The maximum Gasteiger partial charge on any atom is 0.161 e. The standard InChI is InChI=1S/C12H19N3O3/c1-8(12(13)15-16)14-7-9-4-5-10(17-2)11(6-9)18-3/h4-6,8,14,16H,7H2,1-3H3,(H2,13,15). The van der Waals surface area contributed by atoms with Crippen LogP contribution in [0.1, 0.15) is 12.5 Å². The molecule has 0 amide bonds. The lowest BCUT2D eigenvalue weighted by molar-refractivity contribution is 0.315. The van der Waals surface area contributed by atoms with E-state index in [2.05, 4.69) is 10.5 Å². The van der Waals surface area contributed by atoms with Crippen LogP contribution >= 0.6 is 0 Å². The molecule has 0 heterocycles. The summed E-state index contributed by atoms with van der Waals surface area (Å²) in [7, 11) is 3.18. The van der Waals surface area contributed by atoms with E-state index in [9.17, 15) is 0 Å². The molecule has 1 aromatic rings. The van der Waals surface area contributed by atoms with Crippen LogP contribution in [0, 0.1) is 0 Å². The lowest BCUT2D eigenvalue weighted by Gasteiger charge is -2.13. The van der Waals surface area contributed by atoms with Crippen molar-refractivity contribution in [2.45, 2.75) is 19.5 Å². The third kappa shape index (κ3) is 3.53. The highest BCUT2D eigenvalue weighted by atomic mass is 16.5. The monoisotopic (exact) mass is 253 g/mol. The van der Waals surface area contributed by atoms with Crippen molar-refractivity contribution < 1.29 is 14.7 Å². The second kappa shape index (κ2) is 6.70. The summed E-state index contributed by atoms with van der Waals surface area (Å²) in [6.45, 7) is 2.40. The number of benzene rings is 1. The number of hydrogen-bond donors (Lipinski definition) is 3. The number of hydrogen-bond acceptors (Lipinski definition) is 5. The molecule has 0 saturated carbocycles. The molecule has 1 rings (SSSR count). The molecule has 0 bridgehead atoms. The van der Waals surface area contributed by atoms with Crippen molar-refractivity contribution in [1.82, 2.24) is 5.32 Å². The minimum Gasteiger partial charge on any atom is -0.493 e. The van der Waals surface area contributed by atoms with Crippen LogP contribution in [0.3, 0.4) is 0 Å². The van der Waals surface area contributed by atoms with E-state index in [4.69, 9.17) is 20.4 Å². The summed E-state index contributed by atoms with van der Waals surface area (Å²) in [4.78, 5) is 0. The van der Waals surface area contributed by atoms with Gasteiger partial charge in [-0.2, -0.15) is 0 Å². The molecular formula is C12H19N3O3. The van der Waals surface area contributed by atoms with Crippen molar-refractivity contribution in [2.24, 2.45) is 10.9 Å². The third-order valence-corrected chi connectivity index (χ3v) is 2.62. The normalized spacial score (nSPS) is 13.2. The van der Waals surface area contributed by atoms with Crippen molar-refractivity contribution in [3.05, 3.63) is 23.8 Å². The van der Waals surface area contributed by atoms with E-state index in [0.717, 1.165) is 5.56 Å². The number of amidine groups is 1. The van der Waals surface area contributed by atoms with Gasteiger partial charge >= 0.3 is 0 Å². The Morgan fingerprint density at radius 1 is 1.39 bits per heavy atom. The van der Waals surface area contributed by atoms with Crippen LogP contribution in [0.25, 0.3) is 0 Å². The molecule has 0 radical (unpaired) electrons. The van der Waals surface area contributed by atoms with Crippen LogP contribution in [0.2, 0.25) is 0 Å². The molecule has 0 aliphatic heterocycles. The first-order valence-electron chi connectivity index (χ1n) is 5.54. The van der Waals surface area contributed by atoms with Gasteiger partial charge < -0.3 is 25.7 Å². The third-order valence-electron chi connectivity index (χ3n) is 2.62. The molecule has 0 saturated heterocycles. The van der Waals surface area contributed by atoms with Crippen molar-refractivity contribution in [3.63, 3.8) is 0 Å². The van der Waals surface area contributed by atoms with Gasteiger partial charge in [-0.3, -0.25) is 0 Å². The number of nitrogens with two attached hydrogens (primary N) is 1. The predicted octanol–water partition coefficient (Wildman–Crippen LogP) is 0.928.